The number of rotatable bonds is 9. The second-order valence-corrected chi connectivity index (χ2v) is 5.10. The van der Waals surface area contributed by atoms with Gasteiger partial charge in [0.2, 0.25) is 0 Å². The first-order valence-electron chi connectivity index (χ1n) is 8.03. The maximum atomic E-state index is 11.6. The first-order chi connectivity index (χ1) is 12.6. The number of nitro groups is 1. The summed E-state index contributed by atoms with van der Waals surface area (Å²) in [5.74, 6) is 0.909. The van der Waals surface area contributed by atoms with Gasteiger partial charge in [-0.2, -0.15) is 0 Å². The van der Waals surface area contributed by atoms with Crippen molar-refractivity contribution in [1.29, 1.82) is 0 Å². The molecule has 0 saturated carbocycles. The summed E-state index contributed by atoms with van der Waals surface area (Å²) in [6.45, 7) is 2.85. The minimum atomic E-state index is -0.515. The highest BCUT2D eigenvalue weighted by atomic mass is 16.6. The monoisotopic (exact) mass is 357 g/mol. The molecule has 0 radical (unpaired) electrons. The number of esters is 1. The molecule has 0 aliphatic carbocycles. The minimum Gasteiger partial charge on any atom is -0.494 e. The first kappa shape index (κ1) is 19.0. The topological polar surface area (TPSA) is 87.9 Å². The van der Waals surface area contributed by atoms with Gasteiger partial charge in [0.25, 0.3) is 5.69 Å². The highest BCUT2D eigenvalue weighted by molar-refractivity contribution is 5.87. The van der Waals surface area contributed by atoms with Gasteiger partial charge in [-0.05, 0) is 55.0 Å². The van der Waals surface area contributed by atoms with Crippen LogP contribution in [0.3, 0.4) is 0 Å². The Morgan fingerprint density at radius 2 is 1.62 bits per heavy atom. The Bertz CT molecular complexity index is 753. The van der Waals surface area contributed by atoms with E-state index in [-0.39, 0.29) is 18.9 Å². The molecule has 0 aromatic heterocycles. The molecule has 26 heavy (non-hydrogen) atoms. The van der Waals surface area contributed by atoms with Gasteiger partial charge in [0.05, 0.1) is 11.5 Å². The Hall–Kier alpha value is -3.35. The SMILES string of the molecule is CCOc1ccc(OCCOC(=O)/C=C/c2ccc([N+](=O)[O-])cc2)cc1. The molecule has 136 valence electrons. The average molecular weight is 357 g/mol. The van der Waals surface area contributed by atoms with Gasteiger partial charge < -0.3 is 14.2 Å². The first-order valence-corrected chi connectivity index (χ1v) is 8.03. The number of hydrogen-bond donors (Lipinski definition) is 0. The van der Waals surface area contributed by atoms with E-state index in [0.29, 0.717) is 17.9 Å². The molecule has 0 atom stereocenters. The zero-order chi connectivity index (χ0) is 18.8. The number of nitrogens with zero attached hydrogens (tertiary/aromatic N) is 1. The van der Waals surface area contributed by atoms with Crippen LogP contribution < -0.4 is 9.47 Å². The predicted molar refractivity (Wildman–Crippen MR) is 96.2 cm³/mol. The van der Waals surface area contributed by atoms with Gasteiger partial charge in [0, 0.05) is 18.2 Å². The molecule has 0 aliphatic rings. The smallest absolute Gasteiger partial charge is 0.330 e. The van der Waals surface area contributed by atoms with Crippen LogP contribution in [0.15, 0.2) is 54.6 Å². The molecule has 0 N–H and O–H groups in total. The number of nitro benzene ring substituents is 1. The van der Waals surface area contributed by atoms with E-state index in [0.717, 1.165) is 5.75 Å². The lowest BCUT2D eigenvalue weighted by molar-refractivity contribution is -0.384. The number of ether oxygens (including phenoxy) is 3. The molecular formula is C19H19NO6. The van der Waals surface area contributed by atoms with Gasteiger partial charge >= 0.3 is 5.97 Å². The number of non-ortho nitro benzene ring substituents is 1. The van der Waals surface area contributed by atoms with Crippen LogP contribution >= 0.6 is 0 Å². The quantitative estimate of drug-likeness (QED) is 0.224. The maximum absolute atomic E-state index is 11.6. The molecule has 2 aromatic carbocycles. The normalized spacial score (nSPS) is 10.5. The molecule has 2 aromatic rings. The van der Waals surface area contributed by atoms with Crippen molar-refractivity contribution in [3.8, 4) is 11.5 Å². The summed E-state index contributed by atoms with van der Waals surface area (Å²) >= 11 is 0. The molecule has 7 nitrogen and oxygen atoms in total. The summed E-state index contributed by atoms with van der Waals surface area (Å²) in [6, 6.07) is 13.0. The molecule has 0 saturated heterocycles. The van der Waals surface area contributed by atoms with Crippen LogP contribution in [0.1, 0.15) is 12.5 Å². The number of hydrogen-bond acceptors (Lipinski definition) is 6. The molecule has 2 rings (SSSR count). The molecular weight excluding hydrogens is 338 g/mol. The van der Waals surface area contributed by atoms with E-state index in [4.69, 9.17) is 14.2 Å². The molecule has 0 fully saturated rings. The minimum absolute atomic E-state index is 0.00355. The second kappa shape index (κ2) is 9.83. The summed E-state index contributed by atoms with van der Waals surface area (Å²) in [7, 11) is 0. The Kier molecular flexibility index (Phi) is 7.17. The van der Waals surface area contributed by atoms with Crippen molar-refractivity contribution in [3.63, 3.8) is 0 Å². The van der Waals surface area contributed by atoms with Crippen LogP contribution in [0.25, 0.3) is 6.08 Å². The van der Waals surface area contributed by atoms with E-state index < -0.39 is 10.9 Å². The van der Waals surface area contributed by atoms with Crippen LogP contribution in [-0.2, 0) is 9.53 Å². The number of carbonyl (C=O) groups is 1. The van der Waals surface area contributed by atoms with Gasteiger partial charge in [-0.15, -0.1) is 0 Å². The van der Waals surface area contributed by atoms with Gasteiger partial charge in [-0.3, -0.25) is 10.1 Å². The van der Waals surface area contributed by atoms with Crippen molar-refractivity contribution in [2.75, 3.05) is 19.8 Å². The summed E-state index contributed by atoms with van der Waals surface area (Å²) in [4.78, 5) is 21.7. The van der Waals surface area contributed by atoms with E-state index >= 15 is 0 Å². The van der Waals surface area contributed by atoms with E-state index in [2.05, 4.69) is 0 Å². The van der Waals surface area contributed by atoms with Crippen molar-refractivity contribution in [2.24, 2.45) is 0 Å². The van der Waals surface area contributed by atoms with Gasteiger partial charge in [-0.25, -0.2) is 4.79 Å². The Balaban J connectivity index is 1.70. The van der Waals surface area contributed by atoms with Crippen LogP contribution in [0.2, 0.25) is 0 Å². The van der Waals surface area contributed by atoms with Crippen LogP contribution in [0.4, 0.5) is 5.69 Å². The Labute approximate surface area is 151 Å². The van der Waals surface area contributed by atoms with Crippen molar-refractivity contribution in [3.05, 3.63) is 70.3 Å². The summed E-state index contributed by atoms with van der Waals surface area (Å²) in [6.07, 6.45) is 2.79. The molecule has 0 unspecified atom stereocenters. The van der Waals surface area contributed by atoms with Gasteiger partial charge in [-0.1, -0.05) is 0 Å². The standard InChI is InChI=1S/C19H19NO6/c1-2-24-17-8-10-18(11-9-17)25-13-14-26-19(21)12-5-15-3-6-16(7-4-15)20(22)23/h3-12H,2,13-14H2,1H3/b12-5+. The summed E-state index contributed by atoms with van der Waals surface area (Å²) < 4.78 is 15.8. The predicted octanol–water partition coefficient (Wildman–Crippen LogP) is 3.63. The van der Waals surface area contributed by atoms with Crippen molar-refractivity contribution in [2.45, 2.75) is 6.92 Å². The van der Waals surface area contributed by atoms with Crippen molar-refractivity contribution in [1.82, 2.24) is 0 Å². The molecule has 0 bridgehead atoms. The van der Waals surface area contributed by atoms with Gasteiger partial charge in [0.15, 0.2) is 0 Å². The van der Waals surface area contributed by atoms with E-state index in [1.165, 1.54) is 24.3 Å². The molecule has 7 heteroatoms. The molecule has 0 heterocycles. The Morgan fingerprint density at radius 1 is 1.00 bits per heavy atom. The third-order valence-electron chi connectivity index (χ3n) is 3.25. The van der Waals surface area contributed by atoms with Crippen molar-refractivity contribution >= 4 is 17.7 Å². The zero-order valence-corrected chi connectivity index (χ0v) is 14.3. The summed E-state index contributed by atoms with van der Waals surface area (Å²) in [5, 5.41) is 10.6. The fraction of sp³-hybridized carbons (Fsp3) is 0.211. The van der Waals surface area contributed by atoms with Crippen LogP contribution in [0.5, 0.6) is 11.5 Å². The molecule has 0 aliphatic heterocycles. The third-order valence-corrected chi connectivity index (χ3v) is 3.25. The largest absolute Gasteiger partial charge is 0.494 e. The zero-order valence-electron chi connectivity index (χ0n) is 14.3. The number of carbonyl (C=O) groups excluding carboxylic acids is 1. The van der Waals surface area contributed by atoms with Gasteiger partial charge in [0.1, 0.15) is 24.7 Å². The lowest BCUT2D eigenvalue weighted by Crippen LogP contribution is -2.10. The van der Waals surface area contributed by atoms with E-state index in [1.54, 1.807) is 36.4 Å². The highest BCUT2D eigenvalue weighted by Crippen LogP contribution is 2.17. The maximum Gasteiger partial charge on any atom is 0.330 e. The summed E-state index contributed by atoms with van der Waals surface area (Å²) in [5.41, 5.74) is 0.661. The number of benzene rings is 2. The fourth-order valence-electron chi connectivity index (χ4n) is 2.02. The van der Waals surface area contributed by atoms with Crippen LogP contribution in [0, 0.1) is 10.1 Å². The third kappa shape index (κ3) is 6.27. The Morgan fingerprint density at radius 3 is 2.19 bits per heavy atom. The molecule has 0 spiro atoms. The second-order valence-electron chi connectivity index (χ2n) is 5.10. The highest BCUT2D eigenvalue weighted by Gasteiger charge is 2.03. The molecule has 0 amide bonds. The fourth-order valence-corrected chi connectivity index (χ4v) is 2.02. The van der Waals surface area contributed by atoms with E-state index in [9.17, 15) is 14.9 Å². The average Bonchev–Trinajstić information content (AvgIpc) is 2.65. The van der Waals surface area contributed by atoms with Crippen molar-refractivity contribution < 1.29 is 23.9 Å². The lowest BCUT2D eigenvalue weighted by atomic mass is 10.2. The van der Waals surface area contributed by atoms with Crippen LogP contribution in [-0.4, -0.2) is 30.7 Å². The lowest BCUT2D eigenvalue weighted by Gasteiger charge is -2.07. The van der Waals surface area contributed by atoms with E-state index in [1.807, 2.05) is 6.92 Å².